The Labute approximate surface area is 87.3 Å². The Kier molecular flexibility index (Phi) is 2.25. The minimum absolute atomic E-state index is 0.172. The van der Waals surface area contributed by atoms with Gasteiger partial charge in [0.05, 0.1) is 0 Å². The van der Waals surface area contributed by atoms with Gasteiger partial charge in [-0.15, -0.1) is 5.10 Å². The van der Waals surface area contributed by atoms with Crippen LogP contribution in [0.1, 0.15) is 12.5 Å². The molecule has 2 N–H and O–H groups in total. The number of nitrogens with one attached hydrogen (secondary N) is 1. The molecular weight excluding hydrogens is 190 g/mol. The zero-order valence-corrected chi connectivity index (χ0v) is 8.36. The number of hydrogen-bond donors (Lipinski definition) is 2. The molecule has 2 aromatic rings. The molecule has 4 heteroatoms. The van der Waals surface area contributed by atoms with Crippen LogP contribution in [0, 0.1) is 0 Å². The maximum Gasteiger partial charge on any atom is 0.311 e. The predicted molar refractivity (Wildman–Crippen MR) is 58.2 cm³/mol. The van der Waals surface area contributed by atoms with Crippen molar-refractivity contribution in [2.45, 2.75) is 6.92 Å². The van der Waals surface area contributed by atoms with Crippen molar-refractivity contribution in [3.63, 3.8) is 0 Å². The maximum atomic E-state index is 9.01. The molecule has 76 valence electrons. The van der Waals surface area contributed by atoms with Gasteiger partial charge in [-0.3, -0.25) is 4.98 Å². The maximum absolute atomic E-state index is 9.01. The van der Waals surface area contributed by atoms with E-state index in [9.17, 15) is 0 Å². The van der Waals surface area contributed by atoms with Gasteiger partial charge >= 0.3 is 6.01 Å². The summed E-state index contributed by atoms with van der Waals surface area (Å²) in [4.78, 5) is 2.65. The molecule has 1 heterocycles. The fourth-order valence-electron chi connectivity index (χ4n) is 1.30. The van der Waals surface area contributed by atoms with Gasteiger partial charge in [0.25, 0.3) is 0 Å². The van der Waals surface area contributed by atoms with Crippen LogP contribution in [0.3, 0.4) is 0 Å². The topological polar surface area (TPSA) is 61.8 Å². The van der Waals surface area contributed by atoms with Gasteiger partial charge in [0.2, 0.25) is 0 Å². The van der Waals surface area contributed by atoms with Gasteiger partial charge < -0.3 is 5.11 Å². The largest absolute Gasteiger partial charge is 0.479 e. The van der Waals surface area contributed by atoms with Crippen molar-refractivity contribution in [3.05, 3.63) is 36.4 Å². The highest BCUT2D eigenvalue weighted by Crippen LogP contribution is 2.19. The lowest BCUT2D eigenvalue weighted by atomic mass is 10.1. The standard InChI is InChI=1S/C11H11N3O/c1-7(2)8-3-5-9(6-4-8)10-12-11(15)14-13-10/h3-6H,1H2,2H3,(H2,12,13,14,15). The van der Waals surface area contributed by atoms with Gasteiger partial charge in [0.1, 0.15) is 0 Å². The number of aromatic amines is 1. The van der Waals surface area contributed by atoms with Crippen LogP contribution in [0.25, 0.3) is 17.0 Å². The van der Waals surface area contributed by atoms with E-state index in [1.165, 1.54) is 0 Å². The second-order valence-electron chi connectivity index (χ2n) is 3.35. The van der Waals surface area contributed by atoms with Crippen LogP contribution < -0.4 is 0 Å². The highest BCUT2D eigenvalue weighted by atomic mass is 16.3. The Bertz CT molecular complexity index is 485. The van der Waals surface area contributed by atoms with E-state index in [-0.39, 0.29) is 6.01 Å². The quantitative estimate of drug-likeness (QED) is 0.783. The first-order valence-corrected chi connectivity index (χ1v) is 4.55. The Morgan fingerprint density at radius 2 is 1.93 bits per heavy atom. The summed E-state index contributed by atoms with van der Waals surface area (Å²) in [6.07, 6.45) is 0. The molecule has 1 aromatic carbocycles. The Morgan fingerprint density at radius 3 is 2.40 bits per heavy atom. The molecule has 4 nitrogen and oxygen atoms in total. The number of aromatic nitrogens is 3. The van der Waals surface area contributed by atoms with Crippen molar-refractivity contribution in [1.82, 2.24) is 15.2 Å². The zero-order valence-electron chi connectivity index (χ0n) is 8.36. The highest BCUT2D eigenvalue weighted by molar-refractivity contribution is 5.65. The Balaban J connectivity index is 2.35. The Morgan fingerprint density at radius 1 is 1.27 bits per heavy atom. The molecule has 0 saturated carbocycles. The average molecular weight is 201 g/mol. The number of nitrogens with zero attached hydrogens (tertiary/aromatic N) is 2. The van der Waals surface area contributed by atoms with Crippen LogP contribution >= 0.6 is 0 Å². The van der Waals surface area contributed by atoms with Crippen LogP contribution in [-0.2, 0) is 0 Å². The van der Waals surface area contributed by atoms with Gasteiger partial charge in [0.15, 0.2) is 5.82 Å². The first-order chi connectivity index (χ1) is 7.16. The number of allylic oxidation sites excluding steroid dienone is 1. The van der Waals surface area contributed by atoms with Gasteiger partial charge in [-0.05, 0) is 12.5 Å². The second-order valence-corrected chi connectivity index (χ2v) is 3.35. The fourth-order valence-corrected chi connectivity index (χ4v) is 1.30. The van der Waals surface area contributed by atoms with Crippen molar-refractivity contribution in [3.8, 4) is 17.4 Å². The van der Waals surface area contributed by atoms with E-state index in [0.717, 1.165) is 16.7 Å². The number of H-pyrrole nitrogens is 1. The van der Waals surface area contributed by atoms with Crippen LogP contribution in [0.2, 0.25) is 0 Å². The summed E-state index contributed by atoms with van der Waals surface area (Å²) < 4.78 is 0. The summed E-state index contributed by atoms with van der Waals surface area (Å²) in [6, 6.07) is 7.55. The molecule has 0 saturated heterocycles. The molecule has 0 atom stereocenters. The summed E-state index contributed by atoms with van der Waals surface area (Å²) in [6.45, 7) is 5.81. The molecule has 0 unspecified atom stereocenters. The van der Waals surface area contributed by atoms with Crippen molar-refractivity contribution >= 4 is 5.57 Å². The molecule has 0 aliphatic heterocycles. The lowest BCUT2D eigenvalue weighted by Gasteiger charge is -2.00. The van der Waals surface area contributed by atoms with E-state index >= 15 is 0 Å². The van der Waals surface area contributed by atoms with Gasteiger partial charge in [-0.1, -0.05) is 41.5 Å². The third kappa shape index (κ3) is 1.88. The molecule has 1 aromatic heterocycles. The minimum atomic E-state index is -0.172. The van der Waals surface area contributed by atoms with E-state index < -0.39 is 0 Å². The molecule has 0 amide bonds. The van der Waals surface area contributed by atoms with Gasteiger partial charge in [0, 0.05) is 5.56 Å². The van der Waals surface area contributed by atoms with E-state index in [0.29, 0.717) is 5.82 Å². The Hall–Kier alpha value is -2.10. The summed E-state index contributed by atoms with van der Waals surface area (Å²) in [5, 5.41) is 16.3. The van der Waals surface area contributed by atoms with Crippen molar-refractivity contribution in [2.75, 3.05) is 0 Å². The first-order valence-electron chi connectivity index (χ1n) is 4.55. The highest BCUT2D eigenvalue weighted by Gasteiger charge is 2.03. The van der Waals surface area contributed by atoms with Crippen LogP contribution in [0.15, 0.2) is 30.8 Å². The summed E-state index contributed by atoms with van der Waals surface area (Å²) >= 11 is 0. The number of benzene rings is 1. The van der Waals surface area contributed by atoms with E-state index in [1.54, 1.807) is 0 Å². The zero-order chi connectivity index (χ0) is 10.8. The van der Waals surface area contributed by atoms with Crippen molar-refractivity contribution in [1.29, 1.82) is 0 Å². The molecule has 15 heavy (non-hydrogen) atoms. The summed E-state index contributed by atoms with van der Waals surface area (Å²) in [5.74, 6) is 0.556. The van der Waals surface area contributed by atoms with E-state index in [4.69, 9.17) is 5.11 Å². The smallest absolute Gasteiger partial charge is 0.311 e. The van der Waals surface area contributed by atoms with E-state index in [1.807, 2.05) is 31.2 Å². The average Bonchev–Trinajstić information content (AvgIpc) is 2.65. The molecule has 0 aliphatic carbocycles. The van der Waals surface area contributed by atoms with Crippen LogP contribution in [0.4, 0.5) is 0 Å². The minimum Gasteiger partial charge on any atom is -0.479 e. The SMILES string of the molecule is C=C(C)c1ccc(-c2nnc(O)[nH]2)cc1. The predicted octanol–water partition coefficient (Wildman–Crippen LogP) is 2.21. The molecule has 0 spiro atoms. The van der Waals surface area contributed by atoms with Gasteiger partial charge in [-0.25, -0.2) is 0 Å². The summed E-state index contributed by atoms with van der Waals surface area (Å²) in [7, 11) is 0. The van der Waals surface area contributed by atoms with Crippen LogP contribution in [0.5, 0.6) is 6.01 Å². The molecule has 0 aliphatic rings. The lowest BCUT2D eigenvalue weighted by molar-refractivity contribution is 0.433. The third-order valence-corrected chi connectivity index (χ3v) is 2.13. The first kappa shape index (κ1) is 9.45. The second kappa shape index (κ2) is 3.57. The summed E-state index contributed by atoms with van der Waals surface area (Å²) in [5.41, 5.74) is 2.98. The van der Waals surface area contributed by atoms with Gasteiger partial charge in [-0.2, -0.15) is 0 Å². The lowest BCUT2D eigenvalue weighted by Crippen LogP contribution is -1.82. The monoisotopic (exact) mass is 201 g/mol. The number of hydrogen-bond acceptors (Lipinski definition) is 3. The number of rotatable bonds is 2. The molecular formula is C11H11N3O. The van der Waals surface area contributed by atoms with E-state index in [2.05, 4.69) is 21.8 Å². The number of aromatic hydroxyl groups is 1. The van der Waals surface area contributed by atoms with Crippen molar-refractivity contribution in [2.24, 2.45) is 0 Å². The molecule has 0 radical (unpaired) electrons. The van der Waals surface area contributed by atoms with Crippen LogP contribution in [-0.4, -0.2) is 20.3 Å². The molecule has 0 bridgehead atoms. The fraction of sp³-hybridized carbons (Fsp3) is 0.0909. The van der Waals surface area contributed by atoms with Crippen molar-refractivity contribution < 1.29 is 5.11 Å². The third-order valence-electron chi connectivity index (χ3n) is 2.13. The molecule has 0 fully saturated rings. The molecule has 2 rings (SSSR count). The normalized spacial score (nSPS) is 10.2.